The van der Waals surface area contributed by atoms with Gasteiger partial charge in [0.2, 0.25) is 0 Å². The van der Waals surface area contributed by atoms with E-state index >= 15 is 0 Å². The van der Waals surface area contributed by atoms with Crippen LogP contribution in [0.3, 0.4) is 0 Å². The Bertz CT molecular complexity index is 1530. The Morgan fingerprint density at radius 1 is 1.05 bits per heavy atom. The number of rotatable bonds is 7. The van der Waals surface area contributed by atoms with Gasteiger partial charge in [-0.05, 0) is 112 Å². The fourth-order valence-corrected chi connectivity index (χ4v) is 7.78. The lowest BCUT2D eigenvalue weighted by atomic mass is 9.95. The first kappa shape index (κ1) is 26.8. The van der Waals surface area contributed by atoms with Crippen molar-refractivity contribution in [3.05, 3.63) is 107 Å². The molecule has 0 fully saturated rings. The standard InChI is InChI=1S/C30H23I2N3O2S/c31-24-14-19(15-25(32)28(24)37-18-21-9-5-4-8-20(21)16-33)17-34-30-27(23-12-6-7-13-26(23)38-30)29(36)35-22-10-2-1-3-11-22/h1-5,8-11,14-15,17H,6-7,12-13,18H2,(H,35,36). The second-order valence-electron chi connectivity index (χ2n) is 8.84. The molecule has 5 rings (SSSR count). The van der Waals surface area contributed by atoms with Gasteiger partial charge >= 0.3 is 0 Å². The maximum atomic E-state index is 13.3. The second kappa shape index (κ2) is 12.4. The summed E-state index contributed by atoms with van der Waals surface area (Å²) in [6.07, 6.45) is 5.98. The highest BCUT2D eigenvalue weighted by atomic mass is 127. The van der Waals surface area contributed by atoms with Crippen LogP contribution in [0.5, 0.6) is 5.75 Å². The summed E-state index contributed by atoms with van der Waals surface area (Å²) in [5.41, 5.74) is 5.03. The van der Waals surface area contributed by atoms with E-state index in [1.165, 1.54) is 4.88 Å². The molecule has 0 atom stereocenters. The van der Waals surface area contributed by atoms with E-state index in [9.17, 15) is 10.1 Å². The normalized spacial score (nSPS) is 12.7. The number of aliphatic imine (C=N–C) groups is 1. The minimum Gasteiger partial charge on any atom is -0.487 e. The molecule has 5 nitrogen and oxygen atoms in total. The molecule has 38 heavy (non-hydrogen) atoms. The molecule has 0 radical (unpaired) electrons. The average molecular weight is 743 g/mol. The second-order valence-corrected chi connectivity index (χ2v) is 12.2. The monoisotopic (exact) mass is 743 g/mol. The van der Waals surface area contributed by atoms with E-state index in [-0.39, 0.29) is 5.91 Å². The van der Waals surface area contributed by atoms with Gasteiger partial charge in [0.1, 0.15) is 17.4 Å². The molecule has 0 saturated heterocycles. The Kier molecular flexibility index (Phi) is 8.76. The molecule has 0 unspecified atom stereocenters. The number of amides is 1. The summed E-state index contributed by atoms with van der Waals surface area (Å²) >= 11 is 6.16. The summed E-state index contributed by atoms with van der Waals surface area (Å²) in [6.45, 7) is 0.323. The van der Waals surface area contributed by atoms with Crippen LogP contribution in [0.2, 0.25) is 0 Å². The van der Waals surface area contributed by atoms with E-state index < -0.39 is 0 Å². The van der Waals surface area contributed by atoms with Crippen LogP contribution in [-0.4, -0.2) is 12.1 Å². The van der Waals surface area contributed by atoms with Crippen molar-refractivity contribution in [1.82, 2.24) is 0 Å². The Hall–Kier alpha value is -2.75. The predicted molar refractivity (Wildman–Crippen MR) is 170 cm³/mol. The van der Waals surface area contributed by atoms with Crippen molar-refractivity contribution < 1.29 is 9.53 Å². The molecule has 8 heteroatoms. The first-order valence-electron chi connectivity index (χ1n) is 12.2. The number of halogens is 2. The minimum atomic E-state index is -0.103. The summed E-state index contributed by atoms with van der Waals surface area (Å²) in [5.74, 6) is 0.680. The third-order valence-corrected chi connectivity index (χ3v) is 9.08. The maximum Gasteiger partial charge on any atom is 0.259 e. The van der Waals surface area contributed by atoms with Gasteiger partial charge in [0.25, 0.3) is 5.91 Å². The van der Waals surface area contributed by atoms with Crippen LogP contribution in [0, 0.1) is 18.5 Å². The lowest BCUT2D eigenvalue weighted by Gasteiger charge is -2.13. The van der Waals surface area contributed by atoms with E-state index in [4.69, 9.17) is 9.73 Å². The third-order valence-electron chi connectivity index (χ3n) is 6.27. The number of thiophene rings is 1. The highest BCUT2D eigenvalue weighted by molar-refractivity contribution is 14.1. The maximum absolute atomic E-state index is 13.3. The van der Waals surface area contributed by atoms with Crippen LogP contribution in [0.15, 0.2) is 71.7 Å². The van der Waals surface area contributed by atoms with Crippen molar-refractivity contribution in [3.63, 3.8) is 0 Å². The van der Waals surface area contributed by atoms with Gasteiger partial charge in [-0.15, -0.1) is 11.3 Å². The molecule has 0 spiro atoms. The Labute approximate surface area is 253 Å². The molecule has 1 amide bonds. The number of anilines is 1. The van der Waals surface area contributed by atoms with Crippen molar-refractivity contribution in [2.24, 2.45) is 4.99 Å². The Morgan fingerprint density at radius 3 is 2.53 bits per heavy atom. The van der Waals surface area contributed by atoms with Crippen molar-refractivity contribution >= 4 is 79.3 Å². The zero-order chi connectivity index (χ0) is 26.5. The molecule has 1 aromatic heterocycles. The summed E-state index contributed by atoms with van der Waals surface area (Å²) in [6, 6.07) is 23.3. The van der Waals surface area contributed by atoms with Gasteiger partial charge in [-0.1, -0.05) is 36.4 Å². The summed E-state index contributed by atoms with van der Waals surface area (Å²) in [5, 5.41) is 13.2. The zero-order valence-corrected chi connectivity index (χ0v) is 25.5. The van der Waals surface area contributed by atoms with Crippen molar-refractivity contribution in [2.75, 3.05) is 5.32 Å². The molecule has 3 aromatic carbocycles. The summed E-state index contributed by atoms with van der Waals surface area (Å²) in [7, 11) is 0. The number of benzene rings is 3. The number of nitrogens with zero attached hydrogens (tertiary/aromatic N) is 2. The fraction of sp³-hybridized carbons (Fsp3) is 0.167. The number of ether oxygens (including phenoxy) is 1. The van der Waals surface area contributed by atoms with Crippen LogP contribution in [0.4, 0.5) is 10.7 Å². The molecule has 1 aliphatic rings. The summed E-state index contributed by atoms with van der Waals surface area (Å²) in [4.78, 5) is 19.4. The molecule has 1 heterocycles. The van der Waals surface area contributed by atoms with Gasteiger partial charge in [0.15, 0.2) is 0 Å². The smallest absolute Gasteiger partial charge is 0.259 e. The molecular weight excluding hydrogens is 720 g/mol. The predicted octanol–water partition coefficient (Wildman–Crippen LogP) is 8.29. The van der Waals surface area contributed by atoms with E-state index in [0.29, 0.717) is 17.7 Å². The number of aryl methyl sites for hydroxylation is 1. The van der Waals surface area contributed by atoms with Gasteiger partial charge < -0.3 is 10.1 Å². The molecule has 4 aromatic rings. The number of nitriles is 1. The van der Waals surface area contributed by atoms with Crippen LogP contribution >= 0.6 is 56.5 Å². The molecule has 1 aliphatic carbocycles. The quantitative estimate of drug-likeness (QED) is 0.153. The molecular formula is C30H23I2N3O2S. The van der Waals surface area contributed by atoms with Crippen molar-refractivity contribution in [1.29, 1.82) is 5.26 Å². The highest BCUT2D eigenvalue weighted by Crippen LogP contribution is 2.40. The van der Waals surface area contributed by atoms with Crippen LogP contribution in [-0.2, 0) is 19.4 Å². The lowest BCUT2D eigenvalue weighted by molar-refractivity contribution is 0.102. The molecule has 0 bridgehead atoms. The minimum absolute atomic E-state index is 0.103. The molecule has 190 valence electrons. The zero-order valence-electron chi connectivity index (χ0n) is 20.3. The first-order valence-corrected chi connectivity index (χ1v) is 15.2. The van der Waals surface area contributed by atoms with Gasteiger partial charge in [-0.2, -0.15) is 5.26 Å². The van der Waals surface area contributed by atoms with Gasteiger partial charge in [-0.25, -0.2) is 4.99 Å². The van der Waals surface area contributed by atoms with Gasteiger partial charge in [0, 0.05) is 22.3 Å². The molecule has 0 aliphatic heterocycles. The Morgan fingerprint density at radius 2 is 1.76 bits per heavy atom. The van der Waals surface area contributed by atoms with E-state index in [1.54, 1.807) is 17.4 Å². The molecule has 0 saturated carbocycles. The van der Waals surface area contributed by atoms with Crippen LogP contribution in [0.1, 0.15) is 50.3 Å². The number of hydrogen-bond donors (Lipinski definition) is 1. The third kappa shape index (κ3) is 6.11. The number of carbonyl (C=O) groups excluding carboxylic acids is 1. The van der Waals surface area contributed by atoms with E-state index in [2.05, 4.69) is 56.6 Å². The first-order chi connectivity index (χ1) is 18.5. The van der Waals surface area contributed by atoms with Crippen molar-refractivity contribution in [3.8, 4) is 11.8 Å². The van der Waals surface area contributed by atoms with Gasteiger partial charge in [0.05, 0.1) is 24.3 Å². The SMILES string of the molecule is N#Cc1ccccc1COc1c(I)cc(C=Nc2sc3c(c2C(=O)Nc2ccccc2)CCCC3)cc1I. The van der Waals surface area contributed by atoms with E-state index in [0.717, 1.165) is 66.0 Å². The number of hydrogen-bond acceptors (Lipinski definition) is 5. The summed E-state index contributed by atoms with van der Waals surface area (Å²) < 4.78 is 8.03. The number of para-hydroxylation sites is 1. The Balaban J connectivity index is 1.39. The van der Waals surface area contributed by atoms with Crippen molar-refractivity contribution in [2.45, 2.75) is 32.3 Å². The lowest BCUT2D eigenvalue weighted by Crippen LogP contribution is -2.14. The number of carbonyl (C=O) groups is 1. The van der Waals surface area contributed by atoms with Crippen LogP contribution in [0.25, 0.3) is 0 Å². The van der Waals surface area contributed by atoms with Crippen LogP contribution < -0.4 is 10.1 Å². The largest absolute Gasteiger partial charge is 0.487 e. The number of nitrogens with one attached hydrogen (secondary N) is 1. The highest BCUT2D eigenvalue weighted by Gasteiger charge is 2.25. The number of fused-ring (bicyclic) bond motifs is 1. The molecule has 1 N–H and O–H groups in total. The average Bonchev–Trinajstić information content (AvgIpc) is 3.31. The topological polar surface area (TPSA) is 74.5 Å². The van der Waals surface area contributed by atoms with E-state index in [1.807, 2.05) is 66.9 Å². The fourth-order valence-electron chi connectivity index (χ4n) is 4.42. The van der Waals surface area contributed by atoms with Gasteiger partial charge in [-0.3, -0.25) is 4.79 Å².